The van der Waals surface area contributed by atoms with Gasteiger partial charge in [-0.25, -0.2) is 4.98 Å². The van der Waals surface area contributed by atoms with E-state index in [1.165, 1.54) is 5.56 Å². The van der Waals surface area contributed by atoms with E-state index in [1.807, 2.05) is 61.5 Å². The molecule has 0 saturated carbocycles. The van der Waals surface area contributed by atoms with Crippen molar-refractivity contribution < 1.29 is 4.79 Å². The SMILES string of the molecule is Cc1cccc(CC(=O)Nc2ccc(N(Cc3ccccc3)C(C)C)nc2)c1. The standard InChI is InChI=1S/C24H27N3O/c1-18(2)27(17-20-9-5-4-6-10-20)23-13-12-22(16-25-23)26-24(28)15-21-11-7-8-19(3)14-21/h4-14,16,18H,15,17H2,1-3H3,(H,26,28). The Bertz CT molecular complexity index is 905. The highest BCUT2D eigenvalue weighted by atomic mass is 16.1. The minimum absolute atomic E-state index is 0.0369. The molecule has 0 radical (unpaired) electrons. The predicted molar refractivity (Wildman–Crippen MR) is 116 cm³/mol. The van der Waals surface area contributed by atoms with E-state index >= 15 is 0 Å². The maximum Gasteiger partial charge on any atom is 0.228 e. The molecule has 0 fully saturated rings. The van der Waals surface area contributed by atoms with Crippen LogP contribution in [0.15, 0.2) is 72.9 Å². The van der Waals surface area contributed by atoms with Gasteiger partial charge in [0.05, 0.1) is 18.3 Å². The van der Waals surface area contributed by atoms with Gasteiger partial charge in [-0.3, -0.25) is 4.79 Å². The molecule has 0 aliphatic carbocycles. The monoisotopic (exact) mass is 373 g/mol. The number of pyridine rings is 1. The lowest BCUT2D eigenvalue weighted by Crippen LogP contribution is -2.30. The molecule has 0 bridgehead atoms. The van der Waals surface area contributed by atoms with Crippen LogP contribution in [0.25, 0.3) is 0 Å². The first-order chi connectivity index (χ1) is 13.5. The first-order valence-electron chi connectivity index (χ1n) is 9.63. The number of anilines is 2. The summed E-state index contributed by atoms with van der Waals surface area (Å²) in [6, 6.07) is 22.6. The van der Waals surface area contributed by atoms with E-state index in [4.69, 9.17) is 0 Å². The largest absolute Gasteiger partial charge is 0.350 e. The van der Waals surface area contributed by atoms with Crippen molar-refractivity contribution in [2.45, 2.75) is 39.8 Å². The number of rotatable bonds is 7. The summed E-state index contributed by atoms with van der Waals surface area (Å²) in [5.41, 5.74) is 4.12. The molecular weight excluding hydrogens is 346 g/mol. The molecule has 4 heteroatoms. The van der Waals surface area contributed by atoms with Crippen LogP contribution < -0.4 is 10.2 Å². The molecule has 1 aromatic heterocycles. The molecule has 0 unspecified atom stereocenters. The van der Waals surface area contributed by atoms with Crippen molar-refractivity contribution in [1.29, 1.82) is 0 Å². The Morgan fingerprint density at radius 3 is 2.39 bits per heavy atom. The minimum Gasteiger partial charge on any atom is -0.350 e. The number of nitrogens with zero attached hydrogens (tertiary/aromatic N) is 2. The number of benzene rings is 2. The normalized spacial score (nSPS) is 10.7. The second-order valence-electron chi connectivity index (χ2n) is 7.33. The van der Waals surface area contributed by atoms with Gasteiger partial charge in [-0.05, 0) is 44.0 Å². The summed E-state index contributed by atoms with van der Waals surface area (Å²) in [5.74, 6) is 0.862. The van der Waals surface area contributed by atoms with E-state index in [9.17, 15) is 4.79 Å². The molecule has 0 atom stereocenters. The van der Waals surface area contributed by atoms with Crippen LogP contribution in [0.4, 0.5) is 11.5 Å². The molecule has 2 aromatic carbocycles. The van der Waals surface area contributed by atoms with Crippen LogP contribution in [0, 0.1) is 6.92 Å². The minimum atomic E-state index is -0.0369. The first-order valence-corrected chi connectivity index (χ1v) is 9.63. The Kier molecular flexibility index (Phi) is 6.43. The van der Waals surface area contributed by atoms with Gasteiger partial charge in [-0.1, -0.05) is 60.2 Å². The third-order valence-electron chi connectivity index (χ3n) is 4.59. The summed E-state index contributed by atoms with van der Waals surface area (Å²) >= 11 is 0. The van der Waals surface area contributed by atoms with Crippen molar-refractivity contribution in [1.82, 2.24) is 4.98 Å². The number of nitrogens with one attached hydrogen (secondary N) is 1. The highest BCUT2D eigenvalue weighted by Gasteiger charge is 2.13. The van der Waals surface area contributed by atoms with Gasteiger partial charge in [0.25, 0.3) is 0 Å². The van der Waals surface area contributed by atoms with Crippen LogP contribution in [-0.2, 0) is 17.8 Å². The Morgan fingerprint density at radius 2 is 1.75 bits per heavy atom. The lowest BCUT2D eigenvalue weighted by Gasteiger charge is -2.28. The van der Waals surface area contributed by atoms with Gasteiger partial charge in [-0.15, -0.1) is 0 Å². The van der Waals surface area contributed by atoms with Gasteiger partial charge in [0.15, 0.2) is 0 Å². The number of carbonyl (C=O) groups excluding carboxylic acids is 1. The molecule has 4 nitrogen and oxygen atoms in total. The van der Waals surface area contributed by atoms with E-state index in [-0.39, 0.29) is 5.91 Å². The van der Waals surface area contributed by atoms with E-state index in [0.29, 0.717) is 18.2 Å². The van der Waals surface area contributed by atoms with E-state index in [1.54, 1.807) is 6.20 Å². The Labute approximate surface area is 167 Å². The van der Waals surface area contributed by atoms with Crippen molar-refractivity contribution in [2.24, 2.45) is 0 Å². The third kappa shape index (κ3) is 5.43. The number of aryl methyl sites for hydroxylation is 1. The van der Waals surface area contributed by atoms with Gasteiger partial charge < -0.3 is 10.2 Å². The highest BCUT2D eigenvalue weighted by molar-refractivity contribution is 5.92. The average Bonchev–Trinajstić information content (AvgIpc) is 2.67. The van der Waals surface area contributed by atoms with Gasteiger partial charge in [0.2, 0.25) is 5.91 Å². The summed E-state index contributed by atoms with van der Waals surface area (Å²) in [6.07, 6.45) is 2.08. The quantitative estimate of drug-likeness (QED) is 0.635. The van der Waals surface area contributed by atoms with E-state index in [0.717, 1.165) is 23.5 Å². The maximum atomic E-state index is 12.3. The summed E-state index contributed by atoms with van der Waals surface area (Å²) < 4.78 is 0. The molecule has 28 heavy (non-hydrogen) atoms. The number of hydrogen-bond donors (Lipinski definition) is 1. The molecular formula is C24H27N3O. The van der Waals surface area contributed by atoms with Crippen LogP contribution in [0.3, 0.4) is 0 Å². The smallest absolute Gasteiger partial charge is 0.228 e. The number of aromatic nitrogens is 1. The summed E-state index contributed by atoms with van der Waals surface area (Å²) in [4.78, 5) is 19.1. The molecule has 3 rings (SSSR count). The van der Waals surface area contributed by atoms with Gasteiger partial charge >= 0.3 is 0 Å². The molecule has 0 saturated heterocycles. The zero-order valence-electron chi connectivity index (χ0n) is 16.7. The topological polar surface area (TPSA) is 45.2 Å². The summed E-state index contributed by atoms with van der Waals surface area (Å²) in [6.45, 7) is 7.13. The Morgan fingerprint density at radius 1 is 1.00 bits per heavy atom. The molecule has 144 valence electrons. The molecule has 1 amide bonds. The first kappa shape index (κ1) is 19.6. The van der Waals surface area contributed by atoms with Crippen LogP contribution >= 0.6 is 0 Å². The molecule has 0 aliphatic rings. The van der Waals surface area contributed by atoms with Gasteiger partial charge in [0.1, 0.15) is 5.82 Å². The lowest BCUT2D eigenvalue weighted by atomic mass is 10.1. The molecule has 0 aliphatic heterocycles. The Hall–Kier alpha value is -3.14. The second kappa shape index (κ2) is 9.18. The molecule has 1 heterocycles. The maximum absolute atomic E-state index is 12.3. The fourth-order valence-electron chi connectivity index (χ4n) is 3.15. The van der Waals surface area contributed by atoms with Crippen LogP contribution in [-0.4, -0.2) is 16.9 Å². The average molecular weight is 374 g/mol. The second-order valence-corrected chi connectivity index (χ2v) is 7.33. The predicted octanol–water partition coefficient (Wildman–Crippen LogP) is 4.99. The zero-order valence-corrected chi connectivity index (χ0v) is 16.7. The van der Waals surface area contributed by atoms with Gasteiger partial charge in [0, 0.05) is 12.6 Å². The van der Waals surface area contributed by atoms with Crippen LogP contribution in [0.2, 0.25) is 0 Å². The van der Waals surface area contributed by atoms with Crippen LogP contribution in [0.5, 0.6) is 0 Å². The fourth-order valence-corrected chi connectivity index (χ4v) is 3.15. The number of amides is 1. The summed E-state index contributed by atoms with van der Waals surface area (Å²) in [7, 11) is 0. The van der Waals surface area contributed by atoms with Crippen LogP contribution in [0.1, 0.15) is 30.5 Å². The van der Waals surface area contributed by atoms with Crippen molar-refractivity contribution in [2.75, 3.05) is 10.2 Å². The van der Waals surface area contributed by atoms with Gasteiger partial charge in [-0.2, -0.15) is 0 Å². The molecule has 3 aromatic rings. The number of hydrogen-bond acceptors (Lipinski definition) is 3. The Balaban J connectivity index is 1.65. The fraction of sp³-hybridized carbons (Fsp3) is 0.250. The summed E-state index contributed by atoms with van der Waals surface area (Å²) in [5, 5.41) is 2.93. The molecule has 1 N–H and O–H groups in total. The van der Waals surface area contributed by atoms with Crippen molar-refractivity contribution >= 4 is 17.4 Å². The van der Waals surface area contributed by atoms with Crippen molar-refractivity contribution in [3.63, 3.8) is 0 Å². The van der Waals surface area contributed by atoms with E-state index < -0.39 is 0 Å². The third-order valence-corrected chi connectivity index (χ3v) is 4.59. The van der Waals surface area contributed by atoms with Crippen molar-refractivity contribution in [3.8, 4) is 0 Å². The lowest BCUT2D eigenvalue weighted by molar-refractivity contribution is -0.115. The molecule has 0 spiro atoms. The number of carbonyl (C=O) groups is 1. The highest BCUT2D eigenvalue weighted by Crippen LogP contribution is 2.20. The van der Waals surface area contributed by atoms with E-state index in [2.05, 4.69) is 41.2 Å². The van der Waals surface area contributed by atoms with Crippen molar-refractivity contribution in [3.05, 3.63) is 89.6 Å². The zero-order chi connectivity index (χ0) is 19.9.